The summed E-state index contributed by atoms with van der Waals surface area (Å²) in [5.41, 5.74) is 2.16. The first-order valence-corrected chi connectivity index (χ1v) is 12.6. The van der Waals surface area contributed by atoms with Crippen LogP contribution in [0.25, 0.3) is 11.3 Å². The Morgan fingerprint density at radius 3 is 2.03 bits per heavy atom. The first kappa shape index (κ1) is 22.3. The number of imide groups is 1. The molecule has 0 saturated carbocycles. The van der Waals surface area contributed by atoms with Gasteiger partial charge in [-0.1, -0.05) is 62.2 Å². The van der Waals surface area contributed by atoms with Crippen molar-refractivity contribution in [3.05, 3.63) is 106 Å². The minimum absolute atomic E-state index is 0.313. The average Bonchev–Trinajstić information content (AvgIpc) is 3.56. The molecule has 0 aliphatic carbocycles. The van der Waals surface area contributed by atoms with Crippen LogP contribution < -0.4 is 9.96 Å². The largest absolute Gasteiger partial charge is 0.459 e. The van der Waals surface area contributed by atoms with Crippen molar-refractivity contribution in [3.63, 3.8) is 0 Å². The van der Waals surface area contributed by atoms with Gasteiger partial charge in [0.1, 0.15) is 23.5 Å². The van der Waals surface area contributed by atoms with Crippen molar-refractivity contribution < 1.29 is 18.8 Å². The molecule has 2 aliphatic rings. The highest BCUT2D eigenvalue weighted by Crippen LogP contribution is 2.48. The molecule has 2 saturated heterocycles. The maximum absolute atomic E-state index is 13.7. The van der Waals surface area contributed by atoms with Gasteiger partial charge in [0.15, 0.2) is 6.10 Å². The predicted molar refractivity (Wildman–Crippen MR) is 139 cm³/mol. The molecule has 0 radical (unpaired) electrons. The van der Waals surface area contributed by atoms with Gasteiger partial charge in [0, 0.05) is 14.5 Å². The fourth-order valence-corrected chi connectivity index (χ4v) is 5.16. The predicted octanol–water partition coefficient (Wildman–Crippen LogP) is 6.52. The van der Waals surface area contributed by atoms with Crippen LogP contribution in [0.2, 0.25) is 0 Å². The van der Waals surface area contributed by atoms with Gasteiger partial charge in [-0.25, -0.2) is 9.96 Å². The minimum atomic E-state index is -0.947. The number of benzene rings is 3. The number of hydroxylamine groups is 1. The van der Waals surface area contributed by atoms with E-state index in [0.717, 1.165) is 20.2 Å². The molecule has 3 atom stereocenters. The lowest BCUT2D eigenvalue weighted by atomic mass is 9.94. The zero-order valence-electron chi connectivity index (χ0n) is 18.2. The Bertz CT molecular complexity index is 1400. The second kappa shape index (κ2) is 8.78. The van der Waals surface area contributed by atoms with Crippen LogP contribution in [0.15, 0.2) is 104 Å². The molecule has 3 heterocycles. The van der Waals surface area contributed by atoms with Crippen LogP contribution in [-0.2, 0) is 14.4 Å². The molecule has 0 bridgehead atoms. The summed E-state index contributed by atoms with van der Waals surface area (Å²) in [6.45, 7) is 0. The smallest absolute Gasteiger partial charge is 0.266 e. The lowest BCUT2D eigenvalue weighted by Crippen LogP contribution is -2.37. The Hall–Kier alpha value is -3.20. The number of halogens is 2. The molecule has 8 heteroatoms. The lowest BCUT2D eigenvalue weighted by Gasteiger charge is -2.27. The monoisotopic (exact) mass is 592 g/mol. The van der Waals surface area contributed by atoms with Gasteiger partial charge >= 0.3 is 0 Å². The second-order valence-corrected chi connectivity index (χ2v) is 10.2. The van der Waals surface area contributed by atoms with Gasteiger partial charge in [0.2, 0.25) is 5.91 Å². The van der Waals surface area contributed by atoms with Crippen molar-refractivity contribution in [3.8, 4) is 11.3 Å². The summed E-state index contributed by atoms with van der Waals surface area (Å²) < 4.78 is 8.10. The highest BCUT2D eigenvalue weighted by molar-refractivity contribution is 9.10. The molecular formula is C27H18Br2N2O4. The van der Waals surface area contributed by atoms with Crippen LogP contribution in [0.4, 0.5) is 11.4 Å². The number of carbonyl (C=O) groups excluding carboxylic acids is 2. The van der Waals surface area contributed by atoms with Gasteiger partial charge in [0.05, 0.1) is 11.4 Å². The molecule has 6 nitrogen and oxygen atoms in total. The Kier molecular flexibility index (Phi) is 5.59. The SMILES string of the molecule is O=C1C2ON(c3ccccc3)C(c3ccc(-c4ccc(Br)cc4)o3)C2C(=O)N1c1ccc(Br)cc1. The van der Waals surface area contributed by atoms with Gasteiger partial charge in [0.25, 0.3) is 5.91 Å². The third-order valence-corrected chi connectivity index (χ3v) is 7.32. The van der Waals surface area contributed by atoms with Crippen LogP contribution in [0.5, 0.6) is 0 Å². The Morgan fingerprint density at radius 1 is 0.686 bits per heavy atom. The third-order valence-electron chi connectivity index (χ3n) is 6.26. The molecule has 0 N–H and O–H groups in total. The Morgan fingerprint density at radius 2 is 1.34 bits per heavy atom. The molecular weight excluding hydrogens is 576 g/mol. The number of hydrogen-bond donors (Lipinski definition) is 0. The van der Waals surface area contributed by atoms with Gasteiger partial charge in [-0.3, -0.25) is 14.4 Å². The van der Waals surface area contributed by atoms with Crippen molar-refractivity contribution in [2.24, 2.45) is 5.92 Å². The number of nitrogens with zero attached hydrogens (tertiary/aromatic N) is 2. The number of hydrogen-bond acceptors (Lipinski definition) is 5. The molecule has 1 aromatic heterocycles. The maximum atomic E-state index is 13.7. The summed E-state index contributed by atoms with van der Waals surface area (Å²) >= 11 is 6.85. The number of para-hydroxylation sites is 1. The van der Waals surface area contributed by atoms with E-state index in [1.54, 1.807) is 29.3 Å². The average molecular weight is 594 g/mol. The molecule has 3 aromatic carbocycles. The fraction of sp³-hybridized carbons (Fsp3) is 0.111. The third kappa shape index (κ3) is 3.82. The number of amides is 2. The normalized spacial score (nSPS) is 21.6. The number of furan rings is 1. The van der Waals surface area contributed by atoms with E-state index in [2.05, 4.69) is 31.9 Å². The molecule has 2 fully saturated rings. The molecule has 2 amide bonds. The van der Waals surface area contributed by atoms with Crippen LogP contribution in [0.1, 0.15) is 11.8 Å². The number of carbonyl (C=O) groups is 2. The van der Waals surface area contributed by atoms with E-state index in [4.69, 9.17) is 9.25 Å². The molecule has 0 spiro atoms. The van der Waals surface area contributed by atoms with E-state index in [-0.39, 0.29) is 11.8 Å². The summed E-state index contributed by atoms with van der Waals surface area (Å²) in [5, 5.41) is 1.63. The summed E-state index contributed by atoms with van der Waals surface area (Å²) in [7, 11) is 0. The van der Waals surface area contributed by atoms with E-state index in [1.165, 1.54) is 4.90 Å². The van der Waals surface area contributed by atoms with Crippen LogP contribution in [0.3, 0.4) is 0 Å². The van der Waals surface area contributed by atoms with E-state index in [9.17, 15) is 9.59 Å². The Labute approximate surface area is 218 Å². The van der Waals surface area contributed by atoms with E-state index < -0.39 is 18.1 Å². The molecule has 174 valence electrons. The molecule has 3 unspecified atom stereocenters. The molecule has 4 aromatic rings. The van der Waals surface area contributed by atoms with Crippen LogP contribution in [0, 0.1) is 5.92 Å². The number of anilines is 2. The number of fused-ring (bicyclic) bond motifs is 1. The quantitative estimate of drug-likeness (QED) is 0.252. The van der Waals surface area contributed by atoms with E-state index in [0.29, 0.717) is 17.2 Å². The molecule has 6 rings (SSSR count). The molecule has 35 heavy (non-hydrogen) atoms. The maximum Gasteiger partial charge on any atom is 0.266 e. The first-order chi connectivity index (χ1) is 17.0. The zero-order valence-corrected chi connectivity index (χ0v) is 21.3. The van der Waals surface area contributed by atoms with Crippen LogP contribution >= 0.6 is 31.9 Å². The van der Waals surface area contributed by atoms with E-state index in [1.807, 2.05) is 66.7 Å². The standard InChI is InChI=1S/C27H18Br2N2O4/c28-17-8-6-16(7-9-17)21-14-15-22(34-21)24-23-25(35-31(24)20-4-2-1-3-5-20)27(33)30(26(23)32)19-12-10-18(29)11-13-19/h1-15,23-25H. The van der Waals surface area contributed by atoms with Crippen LogP contribution in [-0.4, -0.2) is 17.9 Å². The highest BCUT2D eigenvalue weighted by atomic mass is 79.9. The van der Waals surface area contributed by atoms with Gasteiger partial charge < -0.3 is 4.42 Å². The number of rotatable bonds is 4. The summed E-state index contributed by atoms with van der Waals surface area (Å²) in [4.78, 5) is 34.5. The topological polar surface area (TPSA) is 63.0 Å². The van der Waals surface area contributed by atoms with Gasteiger partial charge in [-0.2, -0.15) is 0 Å². The molecule has 2 aliphatic heterocycles. The zero-order chi connectivity index (χ0) is 24.1. The highest BCUT2D eigenvalue weighted by Gasteiger charge is 2.61. The summed E-state index contributed by atoms with van der Waals surface area (Å²) in [5.74, 6) is -0.225. The minimum Gasteiger partial charge on any atom is -0.459 e. The Balaban J connectivity index is 1.41. The lowest BCUT2D eigenvalue weighted by molar-refractivity contribution is -0.126. The van der Waals surface area contributed by atoms with Crippen molar-refractivity contribution in [2.45, 2.75) is 12.1 Å². The van der Waals surface area contributed by atoms with Gasteiger partial charge in [-0.05, 0) is 60.7 Å². The summed E-state index contributed by atoms with van der Waals surface area (Å²) in [6, 6.07) is 27.4. The van der Waals surface area contributed by atoms with Crippen molar-refractivity contribution in [1.82, 2.24) is 0 Å². The van der Waals surface area contributed by atoms with Gasteiger partial charge in [-0.15, -0.1) is 0 Å². The second-order valence-electron chi connectivity index (χ2n) is 8.36. The first-order valence-electron chi connectivity index (χ1n) is 11.0. The van der Waals surface area contributed by atoms with E-state index >= 15 is 0 Å². The van der Waals surface area contributed by atoms with Crippen molar-refractivity contribution in [1.29, 1.82) is 0 Å². The van der Waals surface area contributed by atoms with Crippen molar-refractivity contribution in [2.75, 3.05) is 9.96 Å². The summed E-state index contributed by atoms with van der Waals surface area (Å²) in [6.07, 6.45) is -0.947. The fourth-order valence-electron chi connectivity index (χ4n) is 4.63. The van der Waals surface area contributed by atoms with Crippen molar-refractivity contribution >= 4 is 55.0 Å².